The largest absolute Gasteiger partial charge is 0.496 e. The third-order valence-electron chi connectivity index (χ3n) is 5.07. The van der Waals surface area contributed by atoms with Crippen LogP contribution in [0.2, 0.25) is 0 Å². The minimum atomic E-state index is -0.313. The van der Waals surface area contributed by atoms with Gasteiger partial charge in [0.2, 0.25) is 5.91 Å². The highest BCUT2D eigenvalue weighted by Gasteiger charge is 2.25. The standard InChI is InChI=1S/C20H27N3O2/c1-23-13-12-21-20(23)19(16-10-6-7-11-17(16)25-2)22-18(24)14-15-8-4-3-5-9-15/h6-7,10-13,15,19H,3-5,8-9,14H2,1-2H3,(H,22,24)/t19-/m0/s1. The topological polar surface area (TPSA) is 56.1 Å². The monoisotopic (exact) mass is 341 g/mol. The van der Waals surface area contributed by atoms with Crippen molar-refractivity contribution < 1.29 is 9.53 Å². The van der Waals surface area contributed by atoms with Gasteiger partial charge < -0.3 is 14.6 Å². The van der Waals surface area contributed by atoms with Gasteiger partial charge in [-0.2, -0.15) is 0 Å². The lowest BCUT2D eigenvalue weighted by Gasteiger charge is -2.24. The van der Waals surface area contributed by atoms with Crippen LogP contribution in [0, 0.1) is 5.92 Å². The van der Waals surface area contributed by atoms with Gasteiger partial charge in [0.05, 0.1) is 7.11 Å². The fourth-order valence-electron chi connectivity index (χ4n) is 3.71. The molecule has 1 aliphatic rings. The van der Waals surface area contributed by atoms with Crippen LogP contribution >= 0.6 is 0 Å². The number of ether oxygens (including phenoxy) is 1. The molecule has 5 heteroatoms. The first-order valence-electron chi connectivity index (χ1n) is 9.08. The normalized spacial score (nSPS) is 16.4. The number of aryl methyl sites for hydroxylation is 1. The van der Waals surface area contributed by atoms with E-state index in [-0.39, 0.29) is 11.9 Å². The molecule has 1 N–H and O–H groups in total. The van der Waals surface area contributed by atoms with Gasteiger partial charge in [0.15, 0.2) is 0 Å². The van der Waals surface area contributed by atoms with Crippen molar-refractivity contribution in [1.29, 1.82) is 0 Å². The number of nitrogens with one attached hydrogen (secondary N) is 1. The number of amides is 1. The second kappa shape index (κ2) is 8.19. The van der Waals surface area contributed by atoms with Gasteiger partial charge in [0, 0.05) is 31.4 Å². The second-order valence-corrected chi connectivity index (χ2v) is 6.85. The fraction of sp³-hybridized carbons (Fsp3) is 0.500. The zero-order valence-electron chi connectivity index (χ0n) is 15.1. The van der Waals surface area contributed by atoms with Crippen LogP contribution in [0.25, 0.3) is 0 Å². The lowest BCUT2D eigenvalue weighted by Crippen LogP contribution is -2.32. The number of benzene rings is 1. The van der Waals surface area contributed by atoms with Crippen molar-refractivity contribution in [2.45, 2.75) is 44.6 Å². The Morgan fingerprint density at radius 1 is 1.32 bits per heavy atom. The second-order valence-electron chi connectivity index (χ2n) is 6.85. The van der Waals surface area contributed by atoms with E-state index in [2.05, 4.69) is 10.3 Å². The first-order chi connectivity index (χ1) is 12.2. The van der Waals surface area contributed by atoms with Crippen LogP contribution in [0.5, 0.6) is 5.75 Å². The summed E-state index contributed by atoms with van der Waals surface area (Å²) in [4.78, 5) is 17.2. The summed E-state index contributed by atoms with van der Waals surface area (Å²) in [6.45, 7) is 0. The number of methoxy groups -OCH3 is 1. The van der Waals surface area contributed by atoms with Gasteiger partial charge in [-0.1, -0.05) is 37.5 Å². The minimum Gasteiger partial charge on any atom is -0.496 e. The molecule has 3 rings (SSSR count). The maximum Gasteiger partial charge on any atom is 0.221 e. The Bertz CT molecular complexity index is 704. The molecule has 0 unspecified atom stereocenters. The minimum absolute atomic E-state index is 0.0887. The fourth-order valence-corrected chi connectivity index (χ4v) is 3.71. The van der Waals surface area contributed by atoms with Gasteiger partial charge in [-0.05, 0) is 24.8 Å². The van der Waals surface area contributed by atoms with Crippen molar-refractivity contribution >= 4 is 5.91 Å². The highest BCUT2D eigenvalue weighted by atomic mass is 16.5. The average molecular weight is 341 g/mol. The van der Waals surface area contributed by atoms with Crippen molar-refractivity contribution in [3.63, 3.8) is 0 Å². The Labute approximate surface area is 149 Å². The number of rotatable bonds is 6. The Morgan fingerprint density at radius 2 is 2.08 bits per heavy atom. The molecule has 1 aromatic heterocycles. The highest BCUT2D eigenvalue weighted by molar-refractivity contribution is 5.77. The molecule has 1 aliphatic carbocycles. The molecule has 0 saturated heterocycles. The maximum absolute atomic E-state index is 12.7. The van der Waals surface area contributed by atoms with Crippen LogP contribution in [0.15, 0.2) is 36.7 Å². The lowest BCUT2D eigenvalue weighted by atomic mass is 9.86. The average Bonchev–Trinajstić information content (AvgIpc) is 3.06. The summed E-state index contributed by atoms with van der Waals surface area (Å²) >= 11 is 0. The molecule has 5 nitrogen and oxygen atoms in total. The summed E-state index contributed by atoms with van der Waals surface area (Å²) in [7, 11) is 3.59. The number of aromatic nitrogens is 2. The van der Waals surface area contributed by atoms with Gasteiger partial charge in [0.1, 0.15) is 17.6 Å². The van der Waals surface area contributed by atoms with E-state index < -0.39 is 0 Å². The number of carbonyl (C=O) groups excluding carboxylic acids is 1. The van der Waals surface area contributed by atoms with Crippen molar-refractivity contribution in [3.8, 4) is 5.75 Å². The van der Waals surface area contributed by atoms with Crippen molar-refractivity contribution in [2.75, 3.05) is 7.11 Å². The first-order valence-corrected chi connectivity index (χ1v) is 9.08. The summed E-state index contributed by atoms with van der Waals surface area (Å²) in [5, 5.41) is 3.20. The summed E-state index contributed by atoms with van der Waals surface area (Å²) in [5.74, 6) is 2.16. The van der Waals surface area contributed by atoms with Gasteiger partial charge in [-0.15, -0.1) is 0 Å². The zero-order chi connectivity index (χ0) is 17.6. The molecule has 0 spiro atoms. The molecular formula is C20H27N3O2. The van der Waals surface area contributed by atoms with E-state index in [1.165, 1.54) is 19.3 Å². The van der Waals surface area contributed by atoms with Crippen LogP contribution in [-0.4, -0.2) is 22.6 Å². The Balaban J connectivity index is 1.82. The van der Waals surface area contributed by atoms with Crippen LogP contribution in [0.1, 0.15) is 56.0 Å². The molecule has 1 heterocycles. The number of imidazole rings is 1. The quantitative estimate of drug-likeness (QED) is 0.873. The van der Waals surface area contributed by atoms with Gasteiger partial charge in [-0.3, -0.25) is 4.79 Å². The molecule has 1 fully saturated rings. The van der Waals surface area contributed by atoms with Gasteiger partial charge >= 0.3 is 0 Å². The molecule has 134 valence electrons. The number of hydrogen-bond donors (Lipinski definition) is 1. The van der Waals surface area contributed by atoms with E-state index in [9.17, 15) is 4.79 Å². The van der Waals surface area contributed by atoms with Crippen LogP contribution < -0.4 is 10.1 Å². The third-order valence-corrected chi connectivity index (χ3v) is 5.07. The Hall–Kier alpha value is -2.30. The highest BCUT2D eigenvalue weighted by Crippen LogP contribution is 2.30. The van der Waals surface area contributed by atoms with E-state index >= 15 is 0 Å². The molecule has 1 atom stereocenters. The van der Waals surface area contributed by atoms with Gasteiger partial charge in [-0.25, -0.2) is 4.98 Å². The molecule has 25 heavy (non-hydrogen) atoms. The molecule has 1 aromatic carbocycles. The van der Waals surface area contributed by atoms with Crippen LogP contribution in [-0.2, 0) is 11.8 Å². The molecule has 0 aliphatic heterocycles. The first kappa shape index (κ1) is 17.5. The number of para-hydroxylation sites is 1. The summed E-state index contributed by atoms with van der Waals surface area (Å²) in [6.07, 6.45) is 10.4. The number of nitrogens with zero attached hydrogens (tertiary/aromatic N) is 2. The van der Waals surface area contributed by atoms with E-state index in [0.29, 0.717) is 12.3 Å². The molecule has 0 bridgehead atoms. The van der Waals surface area contributed by atoms with Crippen molar-refractivity contribution in [1.82, 2.24) is 14.9 Å². The lowest BCUT2D eigenvalue weighted by molar-refractivity contribution is -0.122. The van der Waals surface area contributed by atoms with E-state index in [1.54, 1.807) is 13.3 Å². The zero-order valence-corrected chi connectivity index (χ0v) is 15.1. The third kappa shape index (κ3) is 4.21. The van der Waals surface area contributed by atoms with Crippen molar-refractivity contribution in [3.05, 3.63) is 48.0 Å². The van der Waals surface area contributed by atoms with Crippen LogP contribution in [0.3, 0.4) is 0 Å². The summed E-state index contributed by atoms with van der Waals surface area (Å²) < 4.78 is 7.45. The number of hydrogen-bond acceptors (Lipinski definition) is 3. The summed E-state index contributed by atoms with van der Waals surface area (Å²) in [6, 6.07) is 7.48. The Morgan fingerprint density at radius 3 is 2.76 bits per heavy atom. The molecular weight excluding hydrogens is 314 g/mol. The van der Waals surface area contributed by atoms with Crippen molar-refractivity contribution in [2.24, 2.45) is 13.0 Å². The Kier molecular flexibility index (Phi) is 5.74. The SMILES string of the molecule is COc1ccccc1[C@H](NC(=O)CC1CCCCC1)c1nccn1C. The molecule has 0 radical (unpaired) electrons. The number of carbonyl (C=O) groups is 1. The predicted octanol–water partition coefficient (Wildman–Crippen LogP) is 3.60. The summed E-state index contributed by atoms with van der Waals surface area (Å²) in [5.41, 5.74) is 0.927. The maximum atomic E-state index is 12.7. The van der Waals surface area contributed by atoms with E-state index in [0.717, 1.165) is 30.0 Å². The van der Waals surface area contributed by atoms with E-state index in [1.807, 2.05) is 42.1 Å². The molecule has 2 aromatic rings. The van der Waals surface area contributed by atoms with Gasteiger partial charge in [0.25, 0.3) is 0 Å². The predicted molar refractivity (Wildman–Crippen MR) is 97.4 cm³/mol. The smallest absolute Gasteiger partial charge is 0.221 e. The molecule has 1 saturated carbocycles. The molecule has 1 amide bonds. The van der Waals surface area contributed by atoms with Crippen LogP contribution in [0.4, 0.5) is 0 Å². The van der Waals surface area contributed by atoms with E-state index in [4.69, 9.17) is 4.74 Å².